The fourth-order valence-corrected chi connectivity index (χ4v) is 2.89. The topological polar surface area (TPSA) is 17.8 Å². The molecule has 1 aromatic heterocycles. The van der Waals surface area contributed by atoms with Crippen molar-refractivity contribution in [2.75, 3.05) is 5.88 Å². The highest BCUT2D eigenvalue weighted by Crippen LogP contribution is 2.27. The van der Waals surface area contributed by atoms with E-state index in [-0.39, 0.29) is 5.82 Å². The molecule has 102 valence electrons. The molecule has 0 spiro atoms. The molecule has 1 heterocycles. The van der Waals surface area contributed by atoms with Gasteiger partial charge < -0.3 is 0 Å². The van der Waals surface area contributed by atoms with Crippen molar-refractivity contribution in [3.63, 3.8) is 0 Å². The van der Waals surface area contributed by atoms with Crippen LogP contribution in [0.4, 0.5) is 4.39 Å². The SMILES string of the molecule is Fc1ccc2c(c1)nc(CCCl)n2-c1ccccc1Br. The highest BCUT2D eigenvalue weighted by molar-refractivity contribution is 9.10. The Kier molecular flexibility index (Phi) is 3.76. The fraction of sp³-hybridized carbons (Fsp3) is 0.133. The Morgan fingerprint density at radius 3 is 2.75 bits per heavy atom. The van der Waals surface area contributed by atoms with Crippen LogP contribution < -0.4 is 0 Å². The summed E-state index contributed by atoms with van der Waals surface area (Å²) in [5, 5.41) is 0. The first-order valence-corrected chi connectivity index (χ1v) is 7.51. The summed E-state index contributed by atoms with van der Waals surface area (Å²) in [5.41, 5.74) is 2.49. The van der Waals surface area contributed by atoms with Crippen molar-refractivity contribution in [1.29, 1.82) is 0 Å². The maximum absolute atomic E-state index is 13.4. The Labute approximate surface area is 129 Å². The number of nitrogens with zero attached hydrogens (tertiary/aromatic N) is 2. The van der Waals surface area contributed by atoms with E-state index in [9.17, 15) is 4.39 Å². The van der Waals surface area contributed by atoms with Gasteiger partial charge >= 0.3 is 0 Å². The maximum atomic E-state index is 13.4. The lowest BCUT2D eigenvalue weighted by Gasteiger charge is -2.10. The van der Waals surface area contributed by atoms with Crippen LogP contribution in [0.25, 0.3) is 16.7 Å². The van der Waals surface area contributed by atoms with Gasteiger partial charge in [-0.05, 0) is 40.2 Å². The zero-order valence-corrected chi connectivity index (χ0v) is 12.8. The Morgan fingerprint density at radius 1 is 1.20 bits per heavy atom. The second kappa shape index (κ2) is 5.54. The van der Waals surface area contributed by atoms with Crippen LogP contribution >= 0.6 is 27.5 Å². The maximum Gasteiger partial charge on any atom is 0.125 e. The first kappa shape index (κ1) is 13.6. The van der Waals surface area contributed by atoms with E-state index in [1.807, 2.05) is 28.8 Å². The Hall–Kier alpha value is -1.39. The molecule has 2 aromatic carbocycles. The van der Waals surface area contributed by atoms with Crippen molar-refractivity contribution in [3.05, 3.63) is 58.6 Å². The average Bonchev–Trinajstić information content (AvgIpc) is 2.77. The lowest BCUT2D eigenvalue weighted by atomic mass is 10.2. The largest absolute Gasteiger partial charge is 0.295 e. The zero-order valence-electron chi connectivity index (χ0n) is 10.5. The third-order valence-corrected chi connectivity index (χ3v) is 3.96. The van der Waals surface area contributed by atoms with E-state index in [0.717, 1.165) is 21.5 Å². The number of benzene rings is 2. The van der Waals surface area contributed by atoms with Gasteiger partial charge in [0.15, 0.2) is 0 Å². The molecule has 0 atom stereocenters. The molecule has 0 aliphatic heterocycles. The minimum Gasteiger partial charge on any atom is -0.295 e. The average molecular weight is 354 g/mol. The number of aryl methyl sites for hydroxylation is 1. The number of fused-ring (bicyclic) bond motifs is 1. The molecule has 20 heavy (non-hydrogen) atoms. The summed E-state index contributed by atoms with van der Waals surface area (Å²) in [6.07, 6.45) is 0.624. The van der Waals surface area contributed by atoms with Crippen LogP contribution in [0.15, 0.2) is 46.9 Å². The van der Waals surface area contributed by atoms with E-state index < -0.39 is 0 Å². The monoisotopic (exact) mass is 352 g/mol. The normalized spacial score (nSPS) is 11.2. The van der Waals surface area contributed by atoms with E-state index in [1.54, 1.807) is 6.07 Å². The van der Waals surface area contributed by atoms with Gasteiger partial charge in [0, 0.05) is 22.8 Å². The molecule has 0 saturated heterocycles. The van der Waals surface area contributed by atoms with Crippen molar-refractivity contribution in [2.24, 2.45) is 0 Å². The van der Waals surface area contributed by atoms with Gasteiger partial charge in [-0.25, -0.2) is 9.37 Å². The predicted octanol–water partition coefficient (Wildman–Crippen LogP) is 4.71. The van der Waals surface area contributed by atoms with Crippen LogP contribution in [-0.4, -0.2) is 15.4 Å². The van der Waals surface area contributed by atoms with E-state index in [0.29, 0.717) is 17.8 Å². The first-order chi connectivity index (χ1) is 9.70. The molecule has 5 heteroatoms. The number of alkyl halides is 1. The van der Waals surface area contributed by atoms with Crippen LogP contribution in [0, 0.1) is 5.82 Å². The summed E-state index contributed by atoms with van der Waals surface area (Å²) in [4.78, 5) is 4.50. The number of imidazole rings is 1. The van der Waals surface area contributed by atoms with Crippen LogP contribution in [-0.2, 0) is 6.42 Å². The van der Waals surface area contributed by atoms with E-state index in [1.165, 1.54) is 12.1 Å². The Bertz CT molecular complexity index is 770. The second-order valence-corrected chi connectivity index (χ2v) is 5.62. The molecule has 0 saturated carbocycles. The number of hydrogen-bond donors (Lipinski definition) is 0. The van der Waals surface area contributed by atoms with Crippen molar-refractivity contribution in [2.45, 2.75) is 6.42 Å². The molecule has 0 bridgehead atoms. The predicted molar refractivity (Wildman–Crippen MR) is 83.2 cm³/mol. The molecule has 0 amide bonds. The van der Waals surface area contributed by atoms with Crippen LogP contribution in [0.5, 0.6) is 0 Å². The molecule has 0 radical (unpaired) electrons. The third-order valence-electron chi connectivity index (χ3n) is 3.10. The van der Waals surface area contributed by atoms with Crippen molar-refractivity contribution in [1.82, 2.24) is 9.55 Å². The first-order valence-electron chi connectivity index (χ1n) is 6.18. The summed E-state index contributed by atoms with van der Waals surface area (Å²) in [7, 11) is 0. The summed E-state index contributed by atoms with van der Waals surface area (Å²) >= 11 is 9.40. The highest BCUT2D eigenvalue weighted by atomic mass is 79.9. The smallest absolute Gasteiger partial charge is 0.125 e. The molecule has 0 aliphatic carbocycles. The lowest BCUT2D eigenvalue weighted by molar-refractivity contribution is 0.629. The van der Waals surface area contributed by atoms with Crippen molar-refractivity contribution in [3.8, 4) is 5.69 Å². The van der Waals surface area contributed by atoms with Gasteiger partial charge in [-0.15, -0.1) is 11.6 Å². The van der Waals surface area contributed by atoms with Gasteiger partial charge in [-0.1, -0.05) is 12.1 Å². The highest BCUT2D eigenvalue weighted by Gasteiger charge is 2.14. The van der Waals surface area contributed by atoms with Gasteiger partial charge in [0.2, 0.25) is 0 Å². The molecule has 0 unspecified atom stereocenters. The molecule has 0 aliphatic rings. The number of rotatable bonds is 3. The van der Waals surface area contributed by atoms with E-state index >= 15 is 0 Å². The minimum atomic E-state index is -0.285. The molecule has 0 N–H and O–H groups in total. The summed E-state index contributed by atoms with van der Waals surface area (Å²) < 4.78 is 16.3. The molecular formula is C15H11BrClFN2. The molecule has 0 fully saturated rings. The Balaban J connectivity index is 2.32. The lowest BCUT2D eigenvalue weighted by Crippen LogP contribution is -2.02. The Morgan fingerprint density at radius 2 is 2.00 bits per heavy atom. The number of aromatic nitrogens is 2. The molecule has 2 nitrogen and oxygen atoms in total. The fourth-order valence-electron chi connectivity index (χ4n) is 2.26. The summed E-state index contributed by atoms with van der Waals surface area (Å²) in [6.45, 7) is 0. The number of halogens is 3. The van der Waals surface area contributed by atoms with Crippen LogP contribution in [0.2, 0.25) is 0 Å². The second-order valence-electron chi connectivity index (χ2n) is 4.39. The molecular weight excluding hydrogens is 343 g/mol. The van der Waals surface area contributed by atoms with Gasteiger partial charge in [0.05, 0.1) is 16.7 Å². The van der Waals surface area contributed by atoms with Crippen LogP contribution in [0.3, 0.4) is 0 Å². The molecule has 3 rings (SSSR count). The van der Waals surface area contributed by atoms with Crippen molar-refractivity contribution < 1.29 is 4.39 Å². The van der Waals surface area contributed by atoms with E-state index in [4.69, 9.17) is 11.6 Å². The summed E-state index contributed by atoms with van der Waals surface area (Å²) in [6, 6.07) is 12.5. The standard InChI is InChI=1S/C15H11BrClFN2/c16-11-3-1-2-4-13(11)20-14-6-5-10(18)9-12(14)19-15(20)7-8-17/h1-6,9H,7-8H2. The summed E-state index contributed by atoms with van der Waals surface area (Å²) in [5.74, 6) is 1.01. The van der Waals surface area contributed by atoms with Gasteiger partial charge in [-0.3, -0.25) is 4.57 Å². The van der Waals surface area contributed by atoms with Gasteiger partial charge in [0.25, 0.3) is 0 Å². The van der Waals surface area contributed by atoms with Gasteiger partial charge in [0.1, 0.15) is 11.6 Å². The number of para-hydroxylation sites is 1. The van der Waals surface area contributed by atoms with E-state index in [2.05, 4.69) is 20.9 Å². The van der Waals surface area contributed by atoms with Crippen LogP contribution in [0.1, 0.15) is 5.82 Å². The third kappa shape index (κ3) is 2.34. The molecule has 3 aromatic rings. The zero-order chi connectivity index (χ0) is 14.1. The quantitative estimate of drug-likeness (QED) is 0.624. The number of hydrogen-bond acceptors (Lipinski definition) is 1. The van der Waals surface area contributed by atoms with Gasteiger partial charge in [-0.2, -0.15) is 0 Å². The minimum absolute atomic E-state index is 0.285. The van der Waals surface area contributed by atoms with Crippen molar-refractivity contribution >= 4 is 38.6 Å².